The van der Waals surface area contributed by atoms with Crippen molar-refractivity contribution in [2.24, 2.45) is 17.8 Å². The van der Waals surface area contributed by atoms with Crippen molar-refractivity contribution in [1.82, 2.24) is 10.2 Å². The highest BCUT2D eigenvalue weighted by Gasteiger charge is 2.46. The average molecular weight is 318 g/mol. The zero-order valence-corrected chi connectivity index (χ0v) is 13.2. The Hall–Kier alpha value is -2.24. The standard InChI is InChI=1S/C17H22N2O4/c1-23-13-6-2-11(3-7-13)8-18-17(22)19-9-14(12-4-5-12)15(10-19)16(20)21/h2-3,6-7,12,14-15H,4-5,8-10H2,1H3,(H,18,22)(H,20,21)/t14-,15+/m0/s1. The predicted octanol–water partition coefficient (Wildman–Crippen LogP) is 1.95. The Kier molecular flexibility index (Phi) is 4.41. The van der Waals surface area contributed by atoms with Gasteiger partial charge < -0.3 is 20.1 Å². The lowest BCUT2D eigenvalue weighted by atomic mass is 9.92. The molecule has 1 aliphatic heterocycles. The van der Waals surface area contributed by atoms with E-state index in [4.69, 9.17) is 4.74 Å². The van der Waals surface area contributed by atoms with E-state index in [1.807, 2.05) is 24.3 Å². The molecule has 6 nitrogen and oxygen atoms in total. The van der Waals surface area contributed by atoms with Crippen molar-refractivity contribution in [3.63, 3.8) is 0 Å². The van der Waals surface area contributed by atoms with Crippen LogP contribution in [0.15, 0.2) is 24.3 Å². The molecule has 0 bridgehead atoms. The van der Waals surface area contributed by atoms with E-state index in [1.165, 1.54) is 0 Å². The minimum atomic E-state index is -0.785. The normalized spacial score (nSPS) is 23.6. The van der Waals surface area contributed by atoms with E-state index in [0.717, 1.165) is 24.2 Å². The molecule has 1 aliphatic carbocycles. The molecule has 0 spiro atoms. The van der Waals surface area contributed by atoms with E-state index in [9.17, 15) is 14.7 Å². The van der Waals surface area contributed by atoms with Crippen molar-refractivity contribution >= 4 is 12.0 Å². The van der Waals surface area contributed by atoms with Crippen LogP contribution in [0.1, 0.15) is 18.4 Å². The maximum absolute atomic E-state index is 12.3. The van der Waals surface area contributed by atoms with E-state index in [1.54, 1.807) is 12.0 Å². The number of aliphatic carboxylic acids is 1. The number of carboxylic acids is 1. The number of amides is 2. The predicted molar refractivity (Wildman–Crippen MR) is 84.1 cm³/mol. The summed E-state index contributed by atoms with van der Waals surface area (Å²) < 4.78 is 5.10. The number of likely N-dealkylation sites (tertiary alicyclic amines) is 1. The van der Waals surface area contributed by atoms with Gasteiger partial charge in [-0.25, -0.2) is 4.79 Å². The SMILES string of the molecule is COc1ccc(CNC(=O)N2C[C@@H](C(=O)O)[C@H](C3CC3)C2)cc1. The molecule has 2 aliphatic rings. The van der Waals surface area contributed by atoms with E-state index in [2.05, 4.69) is 5.32 Å². The Morgan fingerprint density at radius 1 is 1.26 bits per heavy atom. The molecule has 1 aromatic carbocycles. The van der Waals surface area contributed by atoms with Gasteiger partial charge in [0.25, 0.3) is 0 Å². The molecule has 2 atom stereocenters. The molecule has 6 heteroatoms. The number of ether oxygens (including phenoxy) is 1. The first-order valence-electron chi connectivity index (χ1n) is 7.97. The third-order valence-electron chi connectivity index (χ3n) is 4.80. The van der Waals surface area contributed by atoms with Gasteiger partial charge in [0, 0.05) is 19.6 Å². The molecule has 2 amide bonds. The summed E-state index contributed by atoms with van der Waals surface area (Å²) in [6.07, 6.45) is 2.19. The fraction of sp³-hybridized carbons (Fsp3) is 0.529. The third-order valence-corrected chi connectivity index (χ3v) is 4.80. The molecule has 124 valence electrons. The Labute approximate surface area is 135 Å². The molecular weight excluding hydrogens is 296 g/mol. The molecular formula is C17H22N2O4. The summed E-state index contributed by atoms with van der Waals surface area (Å²) in [6, 6.07) is 7.31. The molecule has 1 aromatic rings. The van der Waals surface area contributed by atoms with E-state index in [0.29, 0.717) is 25.6 Å². The summed E-state index contributed by atoms with van der Waals surface area (Å²) in [7, 11) is 1.61. The first-order valence-corrected chi connectivity index (χ1v) is 7.97. The minimum absolute atomic E-state index is 0.110. The maximum Gasteiger partial charge on any atom is 0.317 e. The number of rotatable bonds is 5. The van der Waals surface area contributed by atoms with Crippen LogP contribution in [0, 0.1) is 17.8 Å². The Bertz CT molecular complexity index is 583. The first kappa shape index (κ1) is 15.6. The lowest BCUT2D eigenvalue weighted by Gasteiger charge is -2.17. The summed E-state index contributed by atoms with van der Waals surface area (Å²) in [4.78, 5) is 25.3. The highest BCUT2D eigenvalue weighted by atomic mass is 16.5. The van der Waals surface area contributed by atoms with Crippen LogP contribution in [0.2, 0.25) is 0 Å². The van der Waals surface area contributed by atoms with Crippen molar-refractivity contribution in [1.29, 1.82) is 0 Å². The van der Waals surface area contributed by atoms with Gasteiger partial charge in [-0.1, -0.05) is 12.1 Å². The number of benzene rings is 1. The number of carbonyl (C=O) groups is 2. The summed E-state index contributed by atoms with van der Waals surface area (Å²) in [5, 5.41) is 12.2. The van der Waals surface area contributed by atoms with Gasteiger partial charge in [-0.15, -0.1) is 0 Å². The monoisotopic (exact) mass is 318 g/mol. The summed E-state index contributed by atoms with van der Waals surface area (Å²) in [5.41, 5.74) is 0.979. The fourth-order valence-electron chi connectivity index (χ4n) is 3.29. The second kappa shape index (κ2) is 6.48. The van der Waals surface area contributed by atoms with Gasteiger partial charge >= 0.3 is 12.0 Å². The molecule has 2 N–H and O–H groups in total. The van der Waals surface area contributed by atoms with Crippen LogP contribution < -0.4 is 10.1 Å². The number of nitrogens with one attached hydrogen (secondary N) is 1. The van der Waals surface area contributed by atoms with E-state index in [-0.39, 0.29) is 11.9 Å². The van der Waals surface area contributed by atoms with Crippen LogP contribution in [-0.4, -0.2) is 42.2 Å². The van der Waals surface area contributed by atoms with Crippen molar-refractivity contribution in [2.45, 2.75) is 19.4 Å². The number of urea groups is 1. The largest absolute Gasteiger partial charge is 0.497 e. The topological polar surface area (TPSA) is 78.9 Å². The van der Waals surface area contributed by atoms with Gasteiger partial charge in [0.05, 0.1) is 13.0 Å². The smallest absolute Gasteiger partial charge is 0.317 e. The molecule has 23 heavy (non-hydrogen) atoms. The zero-order chi connectivity index (χ0) is 16.4. The number of nitrogens with zero attached hydrogens (tertiary/aromatic N) is 1. The number of hydrogen-bond donors (Lipinski definition) is 2. The van der Waals surface area contributed by atoms with Gasteiger partial charge in [-0.05, 0) is 42.4 Å². The lowest BCUT2D eigenvalue weighted by molar-refractivity contribution is -0.142. The van der Waals surface area contributed by atoms with Crippen molar-refractivity contribution < 1.29 is 19.4 Å². The van der Waals surface area contributed by atoms with Crippen LogP contribution in [0.4, 0.5) is 4.79 Å². The second-order valence-electron chi connectivity index (χ2n) is 6.36. The molecule has 0 unspecified atom stereocenters. The van der Waals surface area contributed by atoms with Gasteiger partial charge in [-0.3, -0.25) is 4.79 Å². The average Bonchev–Trinajstić information content (AvgIpc) is 3.31. The summed E-state index contributed by atoms with van der Waals surface area (Å²) >= 11 is 0. The molecule has 3 rings (SSSR count). The van der Waals surface area contributed by atoms with E-state index >= 15 is 0 Å². The molecule has 0 aromatic heterocycles. The number of carboxylic acid groups (broad SMARTS) is 1. The number of methoxy groups -OCH3 is 1. The number of carbonyl (C=O) groups excluding carboxylic acids is 1. The van der Waals surface area contributed by atoms with Crippen molar-refractivity contribution in [3.8, 4) is 5.75 Å². The number of hydrogen-bond acceptors (Lipinski definition) is 3. The summed E-state index contributed by atoms with van der Waals surface area (Å²) in [5.74, 6) is 0.160. The van der Waals surface area contributed by atoms with Gasteiger partial charge in [-0.2, -0.15) is 0 Å². The Morgan fingerprint density at radius 2 is 1.96 bits per heavy atom. The Balaban J connectivity index is 1.54. The van der Waals surface area contributed by atoms with Crippen LogP contribution in [-0.2, 0) is 11.3 Å². The lowest BCUT2D eigenvalue weighted by Crippen LogP contribution is -2.38. The van der Waals surface area contributed by atoms with Crippen LogP contribution in [0.25, 0.3) is 0 Å². The first-order chi connectivity index (χ1) is 11.1. The summed E-state index contributed by atoms with van der Waals surface area (Å²) in [6.45, 7) is 1.28. The van der Waals surface area contributed by atoms with Crippen molar-refractivity contribution in [3.05, 3.63) is 29.8 Å². The second-order valence-corrected chi connectivity index (χ2v) is 6.36. The van der Waals surface area contributed by atoms with E-state index < -0.39 is 11.9 Å². The minimum Gasteiger partial charge on any atom is -0.497 e. The van der Waals surface area contributed by atoms with Gasteiger partial charge in [0.1, 0.15) is 5.75 Å². The third kappa shape index (κ3) is 3.57. The van der Waals surface area contributed by atoms with Crippen LogP contribution >= 0.6 is 0 Å². The van der Waals surface area contributed by atoms with Gasteiger partial charge in [0.15, 0.2) is 0 Å². The molecule has 2 fully saturated rings. The van der Waals surface area contributed by atoms with Gasteiger partial charge in [0.2, 0.25) is 0 Å². The van der Waals surface area contributed by atoms with Crippen LogP contribution in [0.5, 0.6) is 5.75 Å². The molecule has 1 saturated heterocycles. The highest BCUT2D eigenvalue weighted by Crippen LogP contribution is 2.44. The Morgan fingerprint density at radius 3 is 2.52 bits per heavy atom. The fourth-order valence-corrected chi connectivity index (χ4v) is 3.29. The quantitative estimate of drug-likeness (QED) is 0.870. The zero-order valence-electron chi connectivity index (χ0n) is 13.2. The molecule has 1 heterocycles. The highest BCUT2D eigenvalue weighted by molar-refractivity contribution is 5.77. The molecule has 1 saturated carbocycles. The molecule has 0 radical (unpaired) electrons. The van der Waals surface area contributed by atoms with Crippen molar-refractivity contribution in [2.75, 3.05) is 20.2 Å². The van der Waals surface area contributed by atoms with Crippen LogP contribution in [0.3, 0.4) is 0 Å². The maximum atomic E-state index is 12.3.